The lowest BCUT2D eigenvalue weighted by Crippen LogP contribution is -2.37. The van der Waals surface area contributed by atoms with Crippen molar-refractivity contribution in [3.8, 4) is 0 Å². The monoisotopic (exact) mass is 384 g/mol. The molecule has 1 aliphatic heterocycles. The number of aliphatic hydroxyl groups is 1. The largest absolute Gasteiger partial charge is 0.394 e. The Kier molecular flexibility index (Phi) is 5.59. The van der Waals surface area contributed by atoms with Crippen molar-refractivity contribution in [2.24, 2.45) is 5.92 Å². The first-order valence-corrected chi connectivity index (χ1v) is 9.75. The Bertz CT molecular complexity index is 824. The third-order valence-corrected chi connectivity index (χ3v) is 5.58. The van der Waals surface area contributed by atoms with Crippen LogP contribution in [0.25, 0.3) is 0 Å². The Hall–Kier alpha value is -2.44. The lowest BCUT2D eigenvalue weighted by atomic mass is 10.0. The molecular weight excluding hydrogens is 359 g/mol. The molecule has 1 aliphatic carbocycles. The molecule has 1 heterocycles. The van der Waals surface area contributed by atoms with E-state index in [2.05, 4.69) is 5.32 Å². The first-order chi connectivity index (χ1) is 13.7. The molecule has 0 aromatic heterocycles. The van der Waals surface area contributed by atoms with Gasteiger partial charge in [0.25, 0.3) is 0 Å². The quantitative estimate of drug-likeness (QED) is 0.804. The van der Waals surface area contributed by atoms with Gasteiger partial charge in [0.1, 0.15) is 5.82 Å². The normalized spacial score (nSPS) is 22.6. The van der Waals surface area contributed by atoms with Crippen LogP contribution in [0.2, 0.25) is 0 Å². The van der Waals surface area contributed by atoms with Crippen LogP contribution in [0.5, 0.6) is 0 Å². The fourth-order valence-corrected chi connectivity index (χ4v) is 3.86. The molecule has 5 nitrogen and oxygen atoms in total. The first-order valence-electron chi connectivity index (χ1n) is 9.75. The fraction of sp³-hybridized carbons (Fsp3) is 0.409. The SMILES string of the molecule is O=C(N[C@@H](CO)c1ccc(F)c(N2CCOCC2)c1)C1CC1c1ccccc1. The third kappa shape index (κ3) is 4.03. The van der Waals surface area contributed by atoms with Gasteiger partial charge in [-0.2, -0.15) is 0 Å². The number of aliphatic hydroxyl groups excluding tert-OH is 1. The molecule has 0 radical (unpaired) electrons. The molecule has 2 aliphatic rings. The zero-order valence-corrected chi connectivity index (χ0v) is 15.7. The molecule has 2 N–H and O–H groups in total. The summed E-state index contributed by atoms with van der Waals surface area (Å²) in [6.07, 6.45) is 0.816. The van der Waals surface area contributed by atoms with Gasteiger partial charge in [-0.25, -0.2) is 4.39 Å². The van der Waals surface area contributed by atoms with E-state index in [9.17, 15) is 14.3 Å². The van der Waals surface area contributed by atoms with Crippen LogP contribution in [0.4, 0.5) is 10.1 Å². The van der Waals surface area contributed by atoms with Crippen molar-refractivity contribution >= 4 is 11.6 Å². The smallest absolute Gasteiger partial charge is 0.224 e. The lowest BCUT2D eigenvalue weighted by molar-refractivity contribution is -0.123. The van der Waals surface area contributed by atoms with Crippen LogP contribution in [0.1, 0.15) is 29.5 Å². The maximum atomic E-state index is 14.3. The van der Waals surface area contributed by atoms with E-state index in [1.807, 2.05) is 35.2 Å². The van der Waals surface area contributed by atoms with E-state index in [0.717, 1.165) is 6.42 Å². The summed E-state index contributed by atoms with van der Waals surface area (Å²) in [6.45, 7) is 2.14. The van der Waals surface area contributed by atoms with E-state index in [1.165, 1.54) is 11.6 Å². The number of nitrogens with one attached hydrogen (secondary N) is 1. The van der Waals surface area contributed by atoms with Crippen LogP contribution in [-0.4, -0.2) is 43.9 Å². The molecule has 3 atom stereocenters. The standard InChI is InChI=1S/C22H25FN2O3/c23-19-7-6-16(12-21(19)25-8-10-28-11-9-25)20(14-26)24-22(27)18-13-17(18)15-4-2-1-3-5-15/h1-7,12,17-18,20,26H,8-11,13-14H2,(H,24,27)/t17?,18?,20-/m0/s1. The topological polar surface area (TPSA) is 61.8 Å². The molecule has 2 aromatic carbocycles. The van der Waals surface area contributed by atoms with E-state index in [0.29, 0.717) is 37.6 Å². The Balaban J connectivity index is 1.45. The number of hydrogen-bond acceptors (Lipinski definition) is 4. The van der Waals surface area contributed by atoms with Crippen LogP contribution in [0.3, 0.4) is 0 Å². The predicted molar refractivity (Wildman–Crippen MR) is 105 cm³/mol. The average Bonchev–Trinajstić information content (AvgIpc) is 3.55. The van der Waals surface area contributed by atoms with E-state index in [4.69, 9.17) is 4.74 Å². The zero-order chi connectivity index (χ0) is 19.5. The number of benzene rings is 2. The van der Waals surface area contributed by atoms with Crippen molar-refractivity contribution in [3.05, 3.63) is 65.5 Å². The van der Waals surface area contributed by atoms with Gasteiger partial charge < -0.3 is 20.1 Å². The molecule has 148 valence electrons. The lowest BCUT2D eigenvalue weighted by Gasteiger charge is -2.30. The van der Waals surface area contributed by atoms with Crippen LogP contribution < -0.4 is 10.2 Å². The van der Waals surface area contributed by atoms with E-state index < -0.39 is 6.04 Å². The molecule has 28 heavy (non-hydrogen) atoms. The number of carbonyl (C=O) groups is 1. The van der Waals surface area contributed by atoms with Gasteiger partial charge in [-0.1, -0.05) is 36.4 Å². The summed E-state index contributed by atoms with van der Waals surface area (Å²) in [6, 6.07) is 14.2. The van der Waals surface area contributed by atoms with Crippen molar-refractivity contribution in [1.29, 1.82) is 0 Å². The summed E-state index contributed by atoms with van der Waals surface area (Å²) >= 11 is 0. The van der Waals surface area contributed by atoms with Crippen molar-refractivity contribution in [3.63, 3.8) is 0 Å². The van der Waals surface area contributed by atoms with Crippen molar-refractivity contribution in [2.45, 2.75) is 18.4 Å². The van der Waals surface area contributed by atoms with Gasteiger partial charge >= 0.3 is 0 Å². The first kappa shape index (κ1) is 18.9. The summed E-state index contributed by atoms with van der Waals surface area (Å²) in [5.41, 5.74) is 2.36. The maximum Gasteiger partial charge on any atom is 0.224 e. The molecule has 0 spiro atoms. The number of ether oxygens (including phenoxy) is 1. The average molecular weight is 384 g/mol. The molecule has 4 rings (SSSR count). The Labute approximate surface area is 164 Å². The van der Waals surface area contributed by atoms with E-state index >= 15 is 0 Å². The van der Waals surface area contributed by atoms with Gasteiger partial charge in [-0.05, 0) is 35.6 Å². The summed E-state index contributed by atoms with van der Waals surface area (Å²) in [7, 11) is 0. The molecule has 2 unspecified atom stereocenters. The van der Waals surface area contributed by atoms with Gasteiger partial charge in [-0.3, -0.25) is 4.79 Å². The van der Waals surface area contributed by atoms with E-state index in [-0.39, 0.29) is 30.2 Å². The minimum atomic E-state index is -0.551. The number of morpholine rings is 1. The second kappa shape index (κ2) is 8.29. The highest BCUT2D eigenvalue weighted by Crippen LogP contribution is 2.47. The number of amides is 1. The summed E-state index contributed by atoms with van der Waals surface area (Å²) < 4.78 is 19.7. The molecule has 2 fully saturated rings. The van der Waals surface area contributed by atoms with Crippen LogP contribution in [-0.2, 0) is 9.53 Å². The summed E-state index contributed by atoms with van der Waals surface area (Å²) in [5, 5.41) is 12.8. The summed E-state index contributed by atoms with van der Waals surface area (Å²) in [4.78, 5) is 14.6. The van der Waals surface area contributed by atoms with Gasteiger partial charge in [-0.15, -0.1) is 0 Å². The molecule has 0 bridgehead atoms. The second-order valence-electron chi connectivity index (χ2n) is 7.41. The number of nitrogens with zero attached hydrogens (tertiary/aromatic N) is 1. The minimum absolute atomic E-state index is 0.0647. The summed E-state index contributed by atoms with van der Waals surface area (Å²) in [5.74, 6) is -0.210. The third-order valence-electron chi connectivity index (χ3n) is 5.58. The van der Waals surface area contributed by atoms with Gasteiger partial charge in [0.15, 0.2) is 0 Å². The highest BCUT2D eigenvalue weighted by Gasteiger charge is 2.44. The van der Waals surface area contributed by atoms with Crippen molar-refractivity contribution < 1.29 is 19.0 Å². The minimum Gasteiger partial charge on any atom is -0.394 e. The number of rotatable bonds is 6. The Morgan fingerprint density at radius 3 is 2.68 bits per heavy atom. The van der Waals surface area contributed by atoms with Gasteiger partial charge in [0.05, 0.1) is 31.5 Å². The van der Waals surface area contributed by atoms with E-state index in [1.54, 1.807) is 12.1 Å². The Morgan fingerprint density at radius 1 is 1.21 bits per heavy atom. The maximum absolute atomic E-state index is 14.3. The van der Waals surface area contributed by atoms with Crippen molar-refractivity contribution in [2.75, 3.05) is 37.8 Å². The molecule has 6 heteroatoms. The van der Waals surface area contributed by atoms with Crippen LogP contribution in [0.15, 0.2) is 48.5 Å². The predicted octanol–water partition coefficient (Wildman–Crippen LogP) is 2.62. The number of halogens is 1. The van der Waals surface area contributed by atoms with Crippen LogP contribution in [0, 0.1) is 11.7 Å². The molecule has 1 saturated heterocycles. The molecule has 1 saturated carbocycles. The number of anilines is 1. The highest BCUT2D eigenvalue weighted by atomic mass is 19.1. The van der Waals surface area contributed by atoms with Crippen molar-refractivity contribution in [1.82, 2.24) is 5.32 Å². The fourth-order valence-electron chi connectivity index (χ4n) is 3.86. The number of hydrogen-bond donors (Lipinski definition) is 2. The van der Waals surface area contributed by atoms with Gasteiger partial charge in [0.2, 0.25) is 5.91 Å². The van der Waals surface area contributed by atoms with Crippen LogP contribution >= 0.6 is 0 Å². The molecule has 2 aromatic rings. The number of carbonyl (C=O) groups excluding carboxylic acids is 1. The highest BCUT2D eigenvalue weighted by molar-refractivity contribution is 5.83. The second-order valence-corrected chi connectivity index (χ2v) is 7.41. The Morgan fingerprint density at radius 2 is 1.96 bits per heavy atom. The molecule has 1 amide bonds. The van der Waals surface area contributed by atoms with Gasteiger partial charge in [0, 0.05) is 19.0 Å². The zero-order valence-electron chi connectivity index (χ0n) is 15.7. The molecular formula is C22H25FN2O3.